The van der Waals surface area contributed by atoms with Gasteiger partial charge in [0.25, 0.3) is 0 Å². The Labute approximate surface area is 114 Å². The molecule has 0 aromatic heterocycles. The second-order valence-electron chi connectivity index (χ2n) is 6.23. The van der Waals surface area contributed by atoms with Gasteiger partial charge in [-0.1, -0.05) is 68.4 Å². The monoisotopic (exact) mass is 252 g/mol. The summed E-state index contributed by atoms with van der Waals surface area (Å²) in [5, 5.41) is 10.4. The lowest BCUT2D eigenvalue weighted by Gasteiger charge is -2.13. The summed E-state index contributed by atoms with van der Waals surface area (Å²) >= 11 is 0. The van der Waals surface area contributed by atoms with Gasteiger partial charge in [-0.05, 0) is 34.4 Å². The second kappa shape index (κ2) is 4.50. The predicted molar refractivity (Wildman–Crippen MR) is 78.7 cm³/mol. The van der Waals surface area contributed by atoms with E-state index in [0.717, 1.165) is 12.0 Å². The van der Waals surface area contributed by atoms with Gasteiger partial charge >= 0.3 is 0 Å². The summed E-state index contributed by atoms with van der Waals surface area (Å²) in [5.74, 6) is 0.412. The van der Waals surface area contributed by atoms with Crippen LogP contribution in [0.15, 0.2) is 54.6 Å². The number of aliphatic hydroxyl groups is 1. The molecule has 0 saturated heterocycles. The van der Waals surface area contributed by atoms with Gasteiger partial charge in [-0.15, -0.1) is 0 Å². The standard InChI is InChI=1S/C18H20O/c1-18(2)12-16(18)17(19)15-10-8-14(9-11-15)13-6-4-3-5-7-13/h3-11,16-17,19H,12H2,1-2H3. The fourth-order valence-electron chi connectivity index (χ4n) is 2.78. The van der Waals surface area contributed by atoms with Crippen LogP contribution in [-0.4, -0.2) is 5.11 Å². The van der Waals surface area contributed by atoms with Crippen molar-refractivity contribution in [2.75, 3.05) is 0 Å². The van der Waals surface area contributed by atoms with Crippen molar-refractivity contribution in [2.24, 2.45) is 11.3 Å². The Morgan fingerprint density at radius 1 is 0.947 bits per heavy atom. The minimum Gasteiger partial charge on any atom is -0.388 e. The van der Waals surface area contributed by atoms with E-state index < -0.39 is 0 Å². The van der Waals surface area contributed by atoms with Crippen molar-refractivity contribution in [3.8, 4) is 11.1 Å². The molecule has 2 aromatic carbocycles. The fraction of sp³-hybridized carbons (Fsp3) is 0.333. The first-order valence-corrected chi connectivity index (χ1v) is 6.91. The van der Waals surface area contributed by atoms with Gasteiger partial charge in [0, 0.05) is 0 Å². The van der Waals surface area contributed by atoms with E-state index in [2.05, 4.69) is 50.2 Å². The molecule has 1 nitrogen and oxygen atoms in total. The lowest BCUT2D eigenvalue weighted by atomic mass is 9.97. The number of aliphatic hydroxyl groups excluding tert-OH is 1. The van der Waals surface area contributed by atoms with Crippen LogP contribution < -0.4 is 0 Å². The molecule has 0 amide bonds. The summed E-state index contributed by atoms with van der Waals surface area (Å²) in [6, 6.07) is 18.6. The molecule has 1 fully saturated rings. The first-order valence-electron chi connectivity index (χ1n) is 6.91. The highest BCUT2D eigenvalue weighted by Crippen LogP contribution is 2.57. The molecule has 2 atom stereocenters. The molecule has 3 rings (SSSR count). The van der Waals surface area contributed by atoms with Crippen LogP contribution in [0.5, 0.6) is 0 Å². The van der Waals surface area contributed by atoms with Crippen LogP contribution >= 0.6 is 0 Å². The van der Waals surface area contributed by atoms with Gasteiger partial charge in [0.2, 0.25) is 0 Å². The van der Waals surface area contributed by atoms with E-state index in [4.69, 9.17) is 0 Å². The average molecular weight is 252 g/mol. The number of hydrogen-bond acceptors (Lipinski definition) is 1. The van der Waals surface area contributed by atoms with Crippen LogP contribution in [0.4, 0.5) is 0 Å². The van der Waals surface area contributed by atoms with Crippen LogP contribution in [0, 0.1) is 11.3 Å². The van der Waals surface area contributed by atoms with E-state index in [0.29, 0.717) is 11.3 Å². The third-order valence-electron chi connectivity index (χ3n) is 4.33. The van der Waals surface area contributed by atoms with Gasteiger partial charge in [-0.25, -0.2) is 0 Å². The summed E-state index contributed by atoms with van der Waals surface area (Å²) in [6.45, 7) is 4.44. The third kappa shape index (κ3) is 2.43. The molecule has 1 saturated carbocycles. The van der Waals surface area contributed by atoms with Crippen LogP contribution in [0.3, 0.4) is 0 Å². The first kappa shape index (κ1) is 12.4. The number of hydrogen-bond donors (Lipinski definition) is 1. The van der Waals surface area contributed by atoms with Crippen LogP contribution in [0.25, 0.3) is 11.1 Å². The minimum absolute atomic E-state index is 0.303. The zero-order valence-electron chi connectivity index (χ0n) is 11.5. The Balaban J connectivity index is 1.80. The quantitative estimate of drug-likeness (QED) is 0.856. The summed E-state index contributed by atoms with van der Waals surface area (Å²) < 4.78 is 0. The van der Waals surface area contributed by atoms with Crippen molar-refractivity contribution < 1.29 is 5.11 Å². The lowest BCUT2D eigenvalue weighted by Crippen LogP contribution is -2.04. The van der Waals surface area contributed by atoms with E-state index in [1.807, 2.05) is 18.2 Å². The van der Waals surface area contributed by atoms with Gasteiger partial charge in [0.1, 0.15) is 0 Å². The maximum Gasteiger partial charge on any atom is 0.0823 e. The normalized spacial score (nSPS) is 21.9. The maximum absolute atomic E-state index is 10.4. The number of benzene rings is 2. The molecule has 0 radical (unpaired) electrons. The SMILES string of the molecule is CC1(C)CC1C(O)c1ccc(-c2ccccc2)cc1. The zero-order chi connectivity index (χ0) is 13.5. The zero-order valence-corrected chi connectivity index (χ0v) is 11.5. The van der Waals surface area contributed by atoms with Crippen LogP contribution in [0.1, 0.15) is 31.9 Å². The Morgan fingerprint density at radius 2 is 1.47 bits per heavy atom. The minimum atomic E-state index is -0.320. The Hall–Kier alpha value is -1.60. The highest BCUT2D eigenvalue weighted by molar-refractivity contribution is 5.63. The summed E-state index contributed by atoms with van der Waals surface area (Å²) in [6.07, 6.45) is 0.800. The molecular weight excluding hydrogens is 232 g/mol. The smallest absolute Gasteiger partial charge is 0.0823 e. The Kier molecular flexibility index (Phi) is 2.94. The van der Waals surface area contributed by atoms with Gasteiger partial charge in [-0.3, -0.25) is 0 Å². The summed E-state index contributed by atoms with van der Waals surface area (Å²) in [4.78, 5) is 0. The highest BCUT2D eigenvalue weighted by atomic mass is 16.3. The largest absolute Gasteiger partial charge is 0.388 e. The molecule has 0 aliphatic heterocycles. The van der Waals surface area contributed by atoms with Crippen LogP contribution in [0.2, 0.25) is 0 Å². The Morgan fingerprint density at radius 3 is 2.00 bits per heavy atom. The summed E-state index contributed by atoms with van der Waals surface area (Å²) in [5.41, 5.74) is 3.76. The van der Waals surface area contributed by atoms with E-state index in [-0.39, 0.29) is 6.10 Å². The van der Waals surface area contributed by atoms with E-state index in [1.165, 1.54) is 11.1 Å². The summed E-state index contributed by atoms with van der Waals surface area (Å²) in [7, 11) is 0. The lowest BCUT2D eigenvalue weighted by molar-refractivity contribution is 0.138. The van der Waals surface area contributed by atoms with Gasteiger partial charge in [-0.2, -0.15) is 0 Å². The van der Waals surface area contributed by atoms with Crippen LogP contribution in [-0.2, 0) is 0 Å². The molecule has 2 unspecified atom stereocenters. The third-order valence-corrected chi connectivity index (χ3v) is 4.33. The fourth-order valence-corrected chi connectivity index (χ4v) is 2.78. The predicted octanol–water partition coefficient (Wildman–Crippen LogP) is 4.43. The van der Waals surface area contributed by atoms with Gasteiger partial charge in [0.05, 0.1) is 6.10 Å². The van der Waals surface area contributed by atoms with Crippen molar-refractivity contribution in [2.45, 2.75) is 26.4 Å². The van der Waals surface area contributed by atoms with Crippen molar-refractivity contribution in [1.82, 2.24) is 0 Å². The van der Waals surface area contributed by atoms with E-state index in [9.17, 15) is 5.11 Å². The van der Waals surface area contributed by atoms with E-state index >= 15 is 0 Å². The van der Waals surface area contributed by atoms with Crippen molar-refractivity contribution in [1.29, 1.82) is 0 Å². The topological polar surface area (TPSA) is 20.2 Å². The van der Waals surface area contributed by atoms with Gasteiger partial charge in [0.15, 0.2) is 0 Å². The molecule has 0 spiro atoms. The second-order valence-corrected chi connectivity index (χ2v) is 6.23. The van der Waals surface area contributed by atoms with Crippen molar-refractivity contribution >= 4 is 0 Å². The molecule has 1 N–H and O–H groups in total. The molecule has 98 valence electrons. The average Bonchev–Trinajstić information content (AvgIpc) is 3.08. The maximum atomic E-state index is 10.4. The Bertz CT molecular complexity index is 554. The molecule has 1 heteroatoms. The molecular formula is C18H20O. The molecule has 2 aromatic rings. The molecule has 19 heavy (non-hydrogen) atoms. The number of rotatable bonds is 3. The highest BCUT2D eigenvalue weighted by Gasteiger charge is 2.50. The van der Waals surface area contributed by atoms with Crippen molar-refractivity contribution in [3.63, 3.8) is 0 Å². The van der Waals surface area contributed by atoms with Crippen molar-refractivity contribution in [3.05, 3.63) is 60.2 Å². The molecule has 1 aliphatic rings. The first-order chi connectivity index (χ1) is 9.08. The molecule has 0 bridgehead atoms. The molecule has 1 aliphatic carbocycles. The van der Waals surface area contributed by atoms with E-state index in [1.54, 1.807) is 0 Å². The molecule has 0 heterocycles. The van der Waals surface area contributed by atoms with Gasteiger partial charge < -0.3 is 5.11 Å².